The molecule has 2 aromatic heterocycles. The third kappa shape index (κ3) is 2.86. The third-order valence-corrected chi connectivity index (χ3v) is 3.79. The fourth-order valence-electron chi connectivity index (χ4n) is 1.92. The number of ether oxygens (including phenoxy) is 1. The summed E-state index contributed by atoms with van der Waals surface area (Å²) in [6, 6.07) is 7.49. The van der Waals surface area contributed by atoms with Crippen LogP contribution in [0.2, 0.25) is 0 Å². The minimum absolute atomic E-state index is 0.0812. The van der Waals surface area contributed by atoms with Gasteiger partial charge in [-0.3, -0.25) is 9.36 Å². The van der Waals surface area contributed by atoms with Crippen LogP contribution in [0.1, 0.15) is 0 Å². The molecule has 22 heavy (non-hydrogen) atoms. The Morgan fingerprint density at radius 2 is 2.09 bits per heavy atom. The first-order chi connectivity index (χ1) is 10.7. The van der Waals surface area contributed by atoms with E-state index in [0.29, 0.717) is 16.3 Å². The molecule has 0 amide bonds. The van der Waals surface area contributed by atoms with E-state index >= 15 is 0 Å². The van der Waals surface area contributed by atoms with Crippen molar-refractivity contribution in [3.05, 3.63) is 36.8 Å². The van der Waals surface area contributed by atoms with Crippen molar-refractivity contribution in [3.8, 4) is 11.4 Å². The van der Waals surface area contributed by atoms with Gasteiger partial charge in [0.15, 0.2) is 10.8 Å². The maximum absolute atomic E-state index is 10.6. The number of nitrogens with zero attached hydrogens (tertiary/aromatic N) is 4. The predicted octanol–water partition coefficient (Wildman–Crippen LogP) is 2.00. The second-order valence-corrected chi connectivity index (χ2v) is 5.30. The molecule has 0 saturated heterocycles. The van der Waals surface area contributed by atoms with Gasteiger partial charge < -0.3 is 9.84 Å². The van der Waals surface area contributed by atoms with Crippen LogP contribution in [0, 0.1) is 0 Å². The molecule has 0 aliphatic rings. The lowest BCUT2D eigenvalue weighted by molar-refractivity contribution is -0.133. The Labute approximate surface area is 130 Å². The van der Waals surface area contributed by atoms with Gasteiger partial charge in [0.1, 0.15) is 17.6 Å². The molecule has 0 aliphatic heterocycles. The molecule has 1 N–H and O–H groups in total. The van der Waals surface area contributed by atoms with Gasteiger partial charge in [-0.2, -0.15) is 0 Å². The van der Waals surface area contributed by atoms with Crippen LogP contribution in [-0.4, -0.2) is 43.5 Å². The quantitative estimate of drug-likeness (QED) is 0.568. The number of hydrogen-bond acceptors (Lipinski definition) is 6. The summed E-state index contributed by atoms with van der Waals surface area (Å²) < 4.78 is 6.96. The second kappa shape index (κ2) is 6.02. The monoisotopic (exact) mass is 316 g/mol. The van der Waals surface area contributed by atoms with Crippen molar-refractivity contribution >= 4 is 28.9 Å². The largest absolute Gasteiger partial charge is 0.497 e. The fourth-order valence-corrected chi connectivity index (χ4v) is 2.45. The summed E-state index contributed by atoms with van der Waals surface area (Å²) in [5, 5.41) is 9.13. The molecule has 2 heterocycles. The molecule has 0 saturated carbocycles. The molecule has 1 aromatic carbocycles. The Hall–Kier alpha value is -2.61. The van der Waals surface area contributed by atoms with E-state index in [4.69, 9.17) is 9.84 Å². The normalized spacial score (nSPS) is 10.8. The van der Waals surface area contributed by atoms with Crippen LogP contribution < -0.4 is 4.74 Å². The Kier molecular flexibility index (Phi) is 3.92. The van der Waals surface area contributed by atoms with E-state index in [0.717, 1.165) is 23.2 Å². The van der Waals surface area contributed by atoms with Crippen LogP contribution in [0.15, 0.2) is 41.9 Å². The molecule has 0 spiro atoms. The van der Waals surface area contributed by atoms with Gasteiger partial charge in [-0.15, -0.1) is 0 Å². The van der Waals surface area contributed by atoms with Crippen molar-refractivity contribution in [1.29, 1.82) is 0 Å². The number of carboxylic acid groups (broad SMARTS) is 1. The number of hydrogen-bond donors (Lipinski definition) is 1. The molecule has 3 rings (SSSR count). The average Bonchev–Trinajstić information content (AvgIpc) is 2.96. The molecular weight excluding hydrogens is 304 g/mol. The minimum Gasteiger partial charge on any atom is -0.497 e. The number of carbonyl (C=O) groups is 1. The van der Waals surface area contributed by atoms with Crippen LogP contribution in [0.5, 0.6) is 5.75 Å². The Morgan fingerprint density at radius 3 is 2.77 bits per heavy atom. The molecular formula is C14H12N4O3S. The Bertz CT molecular complexity index is 817. The minimum atomic E-state index is -0.905. The average molecular weight is 316 g/mol. The van der Waals surface area contributed by atoms with Gasteiger partial charge in [0.05, 0.1) is 19.1 Å². The van der Waals surface area contributed by atoms with Gasteiger partial charge in [0.25, 0.3) is 0 Å². The molecule has 0 radical (unpaired) electrons. The number of aliphatic carboxylic acids is 1. The molecule has 0 bridgehead atoms. The number of methoxy groups -OCH3 is 1. The van der Waals surface area contributed by atoms with Gasteiger partial charge in [-0.05, 0) is 24.3 Å². The number of fused-ring (bicyclic) bond motifs is 1. The van der Waals surface area contributed by atoms with Gasteiger partial charge in [0, 0.05) is 5.69 Å². The van der Waals surface area contributed by atoms with Crippen LogP contribution >= 0.6 is 11.8 Å². The summed E-state index contributed by atoms with van der Waals surface area (Å²) in [6.07, 6.45) is 3.25. The van der Waals surface area contributed by atoms with Crippen molar-refractivity contribution in [2.75, 3.05) is 12.9 Å². The van der Waals surface area contributed by atoms with Gasteiger partial charge in [-0.25, -0.2) is 15.0 Å². The fraction of sp³-hybridized carbons (Fsp3) is 0.143. The first-order valence-electron chi connectivity index (χ1n) is 6.36. The maximum atomic E-state index is 10.6. The van der Waals surface area contributed by atoms with Crippen molar-refractivity contribution < 1.29 is 14.6 Å². The lowest BCUT2D eigenvalue weighted by atomic mass is 10.3. The molecule has 0 fully saturated rings. The lowest BCUT2D eigenvalue weighted by Crippen LogP contribution is -2.00. The molecule has 0 unspecified atom stereocenters. The first-order valence-corrected chi connectivity index (χ1v) is 7.35. The van der Waals surface area contributed by atoms with Crippen molar-refractivity contribution in [1.82, 2.24) is 19.5 Å². The zero-order chi connectivity index (χ0) is 15.5. The number of thioether (sulfide) groups is 1. The van der Waals surface area contributed by atoms with Crippen LogP contribution in [0.4, 0.5) is 0 Å². The molecule has 8 heteroatoms. The zero-order valence-electron chi connectivity index (χ0n) is 11.6. The van der Waals surface area contributed by atoms with E-state index in [2.05, 4.69) is 15.0 Å². The summed E-state index contributed by atoms with van der Waals surface area (Å²) in [5.74, 6) is -0.222. The first kappa shape index (κ1) is 14.3. The van der Waals surface area contributed by atoms with Crippen LogP contribution in [0.25, 0.3) is 16.9 Å². The van der Waals surface area contributed by atoms with Crippen LogP contribution in [0.3, 0.4) is 0 Å². The van der Waals surface area contributed by atoms with Gasteiger partial charge >= 0.3 is 5.97 Å². The van der Waals surface area contributed by atoms with Crippen molar-refractivity contribution in [2.45, 2.75) is 5.16 Å². The van der Waals surface area contributed by atoms with E-state index in [1.54, 1.807) is 19.6 Å². The molecule has 112 valence electrons. The number of aromatic nitrogens is 4. The molecule has 0 aliphatic carbocycles. The standard InChI is InChI=1S/C14H12N4O3S/c1-21-10-4-2-9(3-5-10)18-8-16-11-6-15-14(17-13(11)18)22-7-12(19)20/h2-6,8H,7H2,1H3,(H,19,20). The van der Waals surface area contributed by atoms with Crippen molar-refractivity contribution in [2.24, 2.45) is 0 Å². The highest BCUT2D eigenvalue weighted by Gasteiger charge is 2.10. The van der Waals surface area contributed by atoms with E-state index < -0.39 is 5.97 Å². The maximum Gasteiger partial charge on any atom is 0.313 e. The SMILES string of the molecule is COc1ccc(-n2cnc3cnc(SCC(=O)O)nc32)cc1. The predicted molar refractivity (Wildman–Crippen MR) is 81.6 cm³/mol. The van der Waals surface area contributed by atoms with E-state index in [1.807, 2.05) is 28.8 Å². The molecule has 0 atom stereocenters. The molecule has 7 nitrogen and oxygen atoms in total. The number of benzene rings is 1. The second-order valence-electron chi connectivity index (χ2n) is 4.36. The van der Waals surface area contributed by atoms with E-state index in [1.165, 1.54) is 0 Å². The lowest BCUT2D eigenvalue weighted by Gasteiger charge is -2.05. The number of carboxylic acids is 1. The Morgan fingerprint density at radius 1 is 1.32 bits per heavy atom. The highest BCUT2D eigenvalue weighted by molar-refractivity contribution is 7.99. The van der Waals surface area contributed by atoms with E-state index in [9.17, 15) is 4.79 Å². The molecule has 3 aromatic rings. The highest BCUT2D eigenvalue weighted by atomic mass is 32.2. The summed E-state index contributed by atoms with van der Waals surface area (Å²) in [4.78, 5) is 23.4. The van der Waals surface area contributed by atoms with E-state index in [-0.39, 0.29) is 5.75 Å². The third-order valence-electron chi connectivity index (χ3n) is 2.94. The van der Waals surface area contributed by atoms with Gasteiger partial charge in [0.2, 0.25) is 0 Å². The van der Waals surface area contributed by atoms with Crippen LogP contribution in [-0.2, 0) is 4.79 Å². The summed E-state index contributed by atoms with van der Waals surface area (Å²) in [6.45, 7) is 0. The summed E-state index contributed by atoms with van der Waals surface area (Å²) >= 11 is 1.07. The van der Waals surface area contributed by atoms with Gasteiger partial charge in [-0.1, -0.05) is 11.8 Å². The number of imidazole rings is 1. The Balaban J connectivity index is 1.98. The van der Waals surface area contributed by atoms with Crippen molar-refractivity contribution in [3.63, 3.8) is 0 Å². The number of rotatable bonds is 5. The summed E-state index contributed by atoms with van der Waals surface area (Å²) in [5.41, 5.74) is 2.17. The smallest absolute Gasteiger partial charge is 0.313 e. The zero-order valence-corrected chi connectivity index (χ0v) is 12.4. The summed E-state index contributed by atoms with van der Waals surface area (Å²) in [7, 11) is 1.61. The topological polar surface area (TPSA) is 90.1 Å². The highest BCUT2D eigenvalue weighted by Crippen LogP contribution is 2.21.